The maximum absolute atomic E-state index is 6.23. The van der Waals surface area contributed by atoms with Crippen LogP contribution in [0.1, 0.15) is 32.8 Å². The lowest BCUT2D eigenvalue weighted by Crippen LogP contribution is -2.15. The van der Waals surface area contributed by atoms with Gasteiger partial charge >= 0.3 is 0 Å². The van der Waals surface area contributed by atoms with Crippen molar-refractivity contribution in [2.24, 2.45) is 5.41 Å². The lowest BCUT2D eigenvalue weighted by molar-refractivity contribution is 0.317. The highest BCUT2D eigenvalue weighted by Crippen LogP contribution is 2.31. The van der Waals surface area contributed by atoms with E-state index in [4.69, 9.17) is 16.0 Å². The van der Waals surface area contributed by atoms with Crippen LogP contribution in [-0.2, 0) is 4.43 Å². The Morgan fingerprint density at radius 3 is 2.42 bits per heavy atom. The summed E-state index contributed by atoms with van der Waals surface area (Å²) in [6.07, 6.45) is 3.19. The zero-order valence-corrected chi connectivity index (χ0v) is 14.6. The maximum Gasteiger partial charge on any atom is 0.170 e. The van der Waals surface area contributed by atoms with Gasteiger partial charge in [0.05, 0.1) is 0 Å². The van der Waals surface area contributed by atoms with Gasteiger partial charge in [-0.05, 0) is 36.6 Å². The minimum atomic E-state index is -0.931. The van der Waals surface area contributed by atoms with Gasteiger partial charge in [-0.15, -0.1) is 0 Å². The lowest BCUT2D eigenvalue weighted by Gasteiger charge is -2.24. The number of benzene rings is 1. The molecular weight excluding hydrogens is 272 g/mol. The second kappa shape index (κ2) is 7.27. The summed E-state index contributed by atoms with van der Waals surface area (Å²) in [5.74, 6) is 0. The maximum atomic E-state index is 6.23. The standard InChI is InChI=1S/C16H25ClOSi/c1-16(2,3)14(10-11-18-19(4)5)12-13-8-6-7-9-15(13)17/h6-9,12,19H,10-11H2,1-5H3/b14-12+. The van der Waals surface area contributed by atoms with Crippen LogP contribution < -0.4 is 0 Å². The Morgan fingerprint density at radius 2 is 1.89 bits per heavy atom. The molecule has 0 saturated heterocycles. The first-order valence-corrected chi connectivity index (χ1v) is 10.0. The molecule has 0 amide bonds. The number of halogens is 1. The molecule has 106 valence electrons. The van der Waals surface area contributed by atoms with Crippen LogP contribution in [0.25, 0.3) is 6.08 Å². The molecule has 0 bridgehead atoms. The molecule has 19 heavy (non-hydrogen) atoms. The monoisotopic (exact) mass is 296 g/mol. The van der Waals surface area contributed by atoms with Crippen molar-refractivity contribution >= 4 is 26.7 Å². The van der Waals surface area contributed by atoms with Crippen LogP contribution in [0.3, 0.4) is 0 Å². The normalized spacial score (nSPS) is 13.1. The largest absolute Gasteiger partial charge is 0.420 e. The summed E-state index contributed by atoms with van der Waals surface area (Å²) in [5.41, 5.74) is 2.62. The van der Waals surface area contributed by atoms with E-state index in [2.05, 4.69) is 46.0 Å². The highest BCUT2D eigenvalue weighted by Gasteiger charge is 2.17. The van der Waals surface area contributed by atoms with Crippen LogP contribution in [-0.4, -0.2) is 15.6 Å². The Labute approximate surface area is 124 Å². The van der Waals surface area contributed by atoms with Crippen molar-refractivity contribution in [1.82, 2.24) is 0 Å². The predicted octanol–water partition coefficient (Wildman–Crippen LogP) is 5.16. The fourth-order valence-corrected chi connectivity index (χ4v) is 2.63. The zero-order chi connectivity index (χ0) is 14.5. The molecule has 0 aliphatic heterocycles. The molecular formula is C16H25ClOSi. The molecule has 0 radical (unpaired) electrons. The third-order valence-corrected chi connectivity index (χ3v) is 4.27. The molecule has 0 unspecified atom stereocenters. The van der Waals surface area contributed by atoms with Crippen LogP contribution >= 0.6 is 11.6 Å². The Hall–Kier alpha value is -0.573. The van der Waals surface area contributed by atoms with E-state index in [1.165, 1.54) is 5.57 Å². The van der Waals surface area contributed by atoms with Gasteiger partial charge in [0.15, 0.2) is 9.04 Å². The SMILES string of the molecule is C[SiH](C)OCC/C(=C\c1ccccc1Cl)C(C)(C)C. The molecule has 0 saturated carbocycles. The summed E-state index contributed by atoms with van der Waals surface area (Å²) in [6, 6.07) is 7.98. The Balaban J connectivity index is 2.89. The van der Waals surface area contributed by atoms with Gasteiger partial charge in [-0.2, -0.15) is 0 Å². The second-order valence-corrected chi connectivity index (χ2v) is 8.95. The second-order valence-electron chi connectivity index (χ2n) is 6.11. The first-order chi connectivity index (χ1) is 8.80. The summed E-state index contributed by atoms with van der Waals surface area (Å²) in [4.78, 5) is 0. The van der Waals surface area contributed by atoms with Crippen molar-refractivity contribution in [2.45, 2.75) is 40.3 Å². The lowest BCUT2D eigenvalue weighted by atomic mass is 9.83. The first-order valence-electron chi connectivity index (χ1n) is 6.88. The number of hydrogen-bond donors (Lipinski definition) is 0. The fourth-order valence-electron chi connectivity index (χ4n) is 1.85. The smallest absolute Gasteiger partial charge is 0.170 e. The van der Waals surface area contributed by atoms with Gasteiger partial charge in [-0.3, -0.25) is 0 Å². The highest BCUT2D eigenvalue weighted by atomic mass is 35.5. The number of rotatable bonds is 5. The minimum Gasteiger partial charge on any atom is -0.420 e. The van der Waals surface area contributed by atoms with Crippen LogP contribution in [0, 0.1) is 5.41 Å². The van der Waals surface area contributed by atoms with Crippen molar-refractivity contribution < 1.29 is 4.43 Å². The molecule has 1 aromatic rings. The van der Waals surface area contributed by atoms with E-state index in [1.807, 2.05) is 18.2 Å². The molecule has 0 atom stereocenters. The third-order valence-electron chi connectivity index (χ3n) is 3.02. The van der Waals surface area contributed by atoms with E-state index in [9.17, 15) is 0 Å². The van der Waals surface area contributed by atoms with Crippen molar-refractivity contribution in [3.05, 3.63) is 40.4 Å². The third kappa shape index (κ3) is 5.94. The zero-order valence-electron chi connectivity index (χ0n) is 12.7. The van der Waals surface area contributed by atoms with Gasteiger partial charge in [0.2, 0.25) is 0 Å². The summed E-state index contributed by atoms with van der Waals surface area (Å²) < 4.78 is 5.80. The fraction of sp³-hybridized carbons (Fsp3) is 0.500. The molecule has 1 nitrogen and oxygen atoms in total. The van der Waals surface area contributed by atoms with Crippen LogP contribution in [0.15, 0.2) is 29.8 Å². The molecule has 1 rings (SSSR count). The van der Waals surface area contributed by atoms with Crippen LogP contribution in [0.5, 0.6) is 0 Å². The number of hydrogen-bond acceptors (Lipinski definition) is 1. The van der Waals surface area contributed by atoms with Crippen molar-refractivity contribution in [3.8, 4) is 0 Å². The highest BCUT2D eigenvalue weighted by molar-refractivity contribution is 6.48. The van der Waals surface area contributed by atoms with Crippen molar-refractivity contribution in [2.75, 3.05) is 6.61 Å². The quantitative estimate of drug-likeness (QED) is 0.682. The Kier molecular flexibility index (Phi) is 6.31. The minimum absolute atomic E-state index is 0.140. The van der Waals surface area contributed by atoms with Crippen LogP contribution in [0.2, 0.25) is 18.1 Å². The van der Waals surface area contributed by atoms with Gasteiger partial charge in [-0.25, -0.2) is 0 Å². The Bertz CT molecular complexity index is 433. The van der Waals surface area contributed by atoms with E-state index < -0.39 is 9.04 Å². The predicted molar refractivity (Wildman–Crippen MR) is 88.3 cm³/mol. The molecule has 1 aromatic carbocycles. The molecule has 3 heteroatoms. The average Bonchev–Trinajstić information content (AvgIpc) is 2.28. The molecule has 0 fully saturated rings. The van der Waals surface area contributed by atoms with E-state index in [-0.39, 0.29) is 5.41 Å². The van der Waals surface area contributed by atoms with Gasteiger partial charge in [0.1, 0.15) is 0 Å². The average molecular weight is 297 g/mol. The molecule has 0 aromatic heterocycles. The summed E-state index contributed by atoms with van der Waals surface area (Å²) in [5, 5.41) is 0.809. The van der Waals surface area contributed by atoms with E-state index >= 15 is 0 Å². The molecule has 0 N–H and O–H groups in total. The topological polar surface area (TPSA) is 9.23 Å². The Morgan fingerprint density at radius 1 is 1.26 bits per heavy atom. The molecule has 0 aliphatic carbocycles. The molecule has 0 aliphatic rings. The van der Waals surface area contributed by atoms with Gasteiger partial charge in [0.25, 0.3) is 0 Å². The van der Waals surface area contributed by atoms with Crippen molar-refractivity contribution in [3.63, 3.8) is 0 Å². The van der Waals surface area contributed by atoms with E-state index in [1.54, 1.807) is 0 Å². The molecule has 0 heterocycles. The summed E-state index contributed by atoms with van der Waals surface area (Å²) in [7, 11) is -0.931. The van der Waals surface area contributed by atoms with Gasteiger partial charge in [0, 0.05) is 11.6 Å². The van der Waals surface area contributed by atoms with Gasteiger partial charge < -0.3 is 4.43 Å². The van der Waals surface area contributed by atoms with Crippen LogP contribution in [0.4, 0.5) is 0 Å². The molecule has 0 spiro atoms. The van der Waals surface area contributed by atoms with Crippen molar-refractivity contribution in [1.29, 1.82) is 0 Å². The van der Waals surface area contributed by atoms with E-state index in [0.29, 0.717) is 0 Å². The summed E-state index contributed by atoms with van der Waals surface area (Å²) >= 11 is 6.23. The first kappa shape index (κ1) is 16.5. The summed E-state index contributed by atoms with van der Waals surface area (Å²) in [6.45, 7) is 11.9. The van der Waals surface area contributed by atoms with Gasteiger partial charge in [-0.1, -0.05) is 62.2 Å². The van der Waals surface area contributed by atoms with E-state index in [0.717, 1.165) is 23.6 Å².